The van der Waals surface area contributed by atoms with Crippen LogP contribution in [0.3, 0.4) is 0 Å². The minimum Gasteiger partial charge on any atom is -0.383 e. The Labute approximate surface area is 123 Å². The number of benzene rings is 1. The van der Waals surface area contributed by atoms with Crippen LogP contribution in [0.5, 0.6) is 0 Å². The molecule has 0 radical (unpaired) electrons. The van der Waals surface area contributed by atoms with Crippen molar-refractivity contribution in [3.63, 3.8) is 0 Å². The van der Waals surface area contributed by atoms with Crippen molar-refractivity contribution in [3.8, 4) is 11.1 Å². The molecule has 2 N–H and O–H groups in total. The summed E-state index contributed by atoms with van der Waals surface area (Å²) in [7, 11) is 3.78. The molecule has 0 bridgehead atoms. The van der Waals surface area contributed by atoms with Gasteiger partial charge in [-0.05, 0) is 24.7 Å². The van der Waals surface area contributed by atoms with Crippen LogP contribution in [0, 0.1) is 0 Å². The topological polar surface area (TPSA) is 67.4 Å². The molecule has 0 unspecified atom stereocenters. The lowest BCUT2D eigenvalue weighted by atomic mass is 10.1. The Kier molecular flexibility index (Phi) is 3.39. The molecule has 6 nitrogen and oxygen atoms in total. The van der Waals surface area contributed by atoms with E-state index in [4.69, 9.17) is 5.73 Å². The summed E-state index contributed by atoms with van der Waals surface area (Å²) >= 11 is 0. The highest BCUT2D eigenvalue weighted by molar-refractivity contribution is 5.95. The SMILES string of the molecule is CN1CCN(c2ccc(-c3cnn(C)c3N)cc2)C(=O)C1. The molecule has 0 saturated carbocycles. The maximum absolute atomic E-state index is 12.1. The van der Waals surface area contributed by atoms with Crippen LogP contribution in [-0.4, -0.2) is 47.3 Å². The summed E-state index contributed by atoms with van der Waals surface area (Å²) in [6.07, 6.45) is 1.76. The number of piperazine rings is 1. The number of carbonyl (C=O) groups excluding carboxylic acids is 1. The Bertz CT molecular complexity index is 661. The number of rotatable bonds is 2. The lowest BCUT2D eigenvalue weighted by molar-refractivity contribution is -0.120. The van der Waals surface area contributed by atoms with E-state index in [9.17, 15) is 4.79 Å². The number of likely N-dealkylation sites (N-methyl/N-ethyl adjacent to an activating group) is 1. The van der Waals surface area contributed by atoms with Gasteiger partial charge in [0.15, 0.2) is 0 Å². The molecule has 3 rings (SSSR count). The van der Waals surface area contributed by atoms with Crippen LogP contribution in [0.2, 0.25) is 0 Å². The fraction of sp³-hybridized carbons (Fsp3) is 0.333. The number of amides is 1. The van der Waals surface area contributed by atoms with E-state index in [1.165, 1.54) is 0 Å². The number of anilines is 2. The molecule has 2 aromatic rings. The molecule has 0 atom stereocenters. The van der Waals surface area contributed by atoms with Gasteiger partial charge in [-0.2, -0.15) is 5.10 Å². The first-order valence-electron chi connectivity index (χ1n) is 6.93. The van der Waals surface area contributed by atoms with Gasteiger partial charge < -0.3 is 10.6 Å². The van der Waals surface area contributed by atoms with E-state index in [1.807, 2.05) is 48.2 Å². The summed E-state index contributed by atoms with van der Waals surface area (Å²) in [5, 5.41) is 4.15. The summed E-state index contributed by atoms with van der Waals surface area (Å²) in [4.78, 5) is 15.9. The molecule has 1 aliphatic heterocycles. The largest absolute Gasteiger partial charge is 0.383 e. The van der Waals surface area contributed by atoms with Crippen molar-refractivity contribution >= 4 is 17.4 Å². The monoisotopic (exact) mass is 285 g/mol. The zero-order valence-corrected chi connectivity index (χ0v) is 12.3. The number of aryl methyl sites for hydroxylation is 1. The molecule has 6 heteroatoms. The van der Waals surface area contributed by atoms with Crippen molar-refractivity contribution in [2.24, 2.45) is 7.05 Å². The van der Waals surface area contributed by atoms with Gasteiger partial charge in [-0.25, -0.2) is 0 Å². The van der Waals surface area contributed by atoms with Gasteiger partial charge in [-0.1, -0.05) is 12.1 Å². The van der Waals surface area contributed by atoms with Crippen LogP contribution >= 0.6 is 0 Å². The first kappa shape index (κ1) is 13.6. The lowest BCUT2D eigenvalue weighted by Gasteiger charge is -2.32. The second-order valence-corrected chi connectivity index (χ2v) is 5.40. The molecule has 0 spiro atoms. The van der Waals surface area contributed by atoms with E-state index in [1.54, 1.807) is 10.9 Å². The predicted molar refractivity (Wildman–Crippen MR) is 82.9 cm³/mol. The summed E-state index contributed by atoms with van der Waals surface area (Å²) in [5.74, 6) is 0.774. The van der Waals surface area contributed by atoms with Crippen molar-refractivity contribution in [3.05, 3.63) is 30.5 Å². The van der Waals surface area contributed by atoms with Crippen molar-refractivity contribution in [2.75, 3.05) is 37.3 Å². The zero-order valence-electron chi connectivity index (χ0n) is 12.3. The second-order valence-electron chi connectivity index (χ2n) is 5.40. The number of nitrogens with zero attached hydrogens (tertiary/aromatic N) is 4. The highest BCUT2D eigenvalue weighted by atomic mass is 16.2. The first-order valence-corrected chi connectivity index (χ1v) is 6.93. The van der Waals surface area contributed by atoms with Crippen molar-refractivity contribution in [1.82, 2.24) is 14.7 Å². The molecule has 1 aromatic heterocycles. The van der Waals surface area contributed by atoms with Gasteiger partial charge in [0, 0.05) is 31.4 Å². The summed E-state index contributed by atoms with van der Waals surface area (Å²) in [5.41, 5.74) is 8.83. The minimum absolute atomic E-state index is 0.136. The van der Waals surface area contributed by atoms with Crippen LogP contribution < -0.4 is 10.6 Å². The molecule has 110 valence electrons. The second kappa shape index (κ2) is 5.21. The molecular formula is C15H19N5O. The third-order valence-corrected chi connectivity index (χ3v) is 3.89. The number of nitrogen functional groups attached to an aromatic ring is 1. The first-order chi connectivity index (χ1) is 10.1. The summed E-state index contributed by atoms with van der Waals surface area (Å²) in [6.45, 7) is 2.09. The third-order valence-electron chi connectivity index (χ3n) is 3.89. The minimum atomic E-state index is 0.136. The van der Waals surface area contributed by atoms with E-state index in [0.29, 0.717) is 12.4 Å². The van der Waals surface area contributed by atoms with E-state index in [-0.39, 0.29) is 5.91 Å². The van der Waals surface area contributed by atoms with Gasteiger partial charge in [0.05, 0.1) is 12.7 Å². The van der Waals surface area contributed by atoms with Crippen molar-refractivity contribution in [2.45, 2.75) is 0 Å². The van der Waals surface area contributed by atoms with E-state index in [2.05, 4.69) is 5.10 Å². The number of nitrogens with two attached hydrogens (primary N) is 1. The fourth-order valence-electron chi connectivity index (χ4n) is 2.55. The summed E-state index contributed by atoms with van der Waals surface area (Å²) in [6, 6.07) is 7.89. The van der Waals surface area contributed by atoms with E-state index in [0.717, 1.165) is 29.9 Å². The number of hydrogen-bond donors (Lipinski definition) is 1. The number of hydrogen-bond acceptors (Lipinski definition) is 4. The standard InChI is InChI=1S/C15H19N5O/c1-18-7-8-20(14(21)10-18)12-5-3-11(4-6-12)13-9-17-19(2)15(13)16/h3-6,9H,7-8,10,16H2,1-2H3. The molecule has 21 heavy (non-hydrogen) atoms. The Balaban J connectivity index is 1.84. The zero-order chi connectivity index (χ0) is 15.0. The van der Waals surface area contributed by atoms with E-state index < -0.39 is 0 Å². The molecule has 2 heterocycles. The molecule has 1 saturated heterocycles. The maximum Gasteiger partial charge on any atom is 0.241 e. The highest BCUT2D eigenvalue weighted by Crippen LogP contribution is 2.27. The van der Waals surface area contributed by atoms with Gasteiger partial charge in [0.2, 0.25) is 5.91 Å². The molecule has 1 aromatic carbocycles. The average Bonchev–Trinajstić information content (AvgIpc) is 2.80. The fourth-order valence-corrected chi connectivity index (χ4v) is 2.55. The molecule has 1 fully saturated rings. The number of carbonyl (C=O) groups is 1. The Hall–Kier alpha value is -2.34. The van der Waals surface area contributed by atoms with Crippen LogP contribution in [-0.2, 0) is 11.8 Å². The maximum atomic E-state index is 12.1. The lowest BCUT2D eigenvalue weighted by Crippen LogP contribution is -2.48. The van der Waals surface area contributed by atoms with Crippen molar-refractivity contribution < 1.29 is 4.79 Å². The van der Waals surface area contributed by atoms with Crippen LogP contribution in [0.1, 0.15) is 0 Å². The molecular weight excluding hydrogens is 266 g/mol. The van der Waals surface area contributed by atoms with Crippen molar-refractivity contribution in [1.29, 1.82) is 0 Å². The van der Waals surface area contributed by atoms with Gasteiger partial charge in [0.1, 0.15) is 5.82 Å². The number of aromatic nitrogens is 2. The van der Waals surface area contributed by atoms with Crippen LogP contribution in [0.4, 0.5) is 11.5 Å². The van der Waals surface area contributed by atoms with Gasteiger partial charge in [-0.15, -0.1) is 0 Å². The Morgan fingerprint density at radius 3 is 2.43 bits per heavy atom. The van der Waals surface area contributed by atoms with Gasteiger partial charge in [-0.3, -0.25) is 14.4 Å². The third kappa shape index (κ3) is 2.50. The quantitative estimate of drug-likeness (QED) is 0.892. The summed E-state index contributed by atoms with van der Waals surface area (Å²) < 4.78 is 1.65. The normalized spacial score (nSPS) is 16.5. The molecule has 0 aliphatic carbocycles. The molecule has 1 aliphatic rings. The van der Waals surface area contributed by atoms with Gasteiger partial charge >= 0.3 is 0 Å². The molecule has 1 amide bonds. The average molecular weight is 285 g/mol. The highest BCUT2D eigenvalue weighted by Gasteiger charge is 2.22. The van der Waals surface area contributed by atoms with Crippen LogP contribution in [0.25, 0.3) is 11.1 Å². The van der Waals surface area contributed by atoms with E-state index >= 15 is 0 Å². The smallest absolute Gasteiger partial charge is 0.241 e. The van der Waals surface area contributed by atoms with Gasteiger partial charge in [0.25, 0.3) is 0 Å². The van der Waals surface area contributed by atoms with Crippen LogP contribution in [0.15, 0.2) is 30.5 Å². The Morgan fingerprint density at radius 1 is 1.14 bits per heavy atom. The predicted octanol–water partition coefficient (Wildman–Crippen LogP) is 0.948. The Morgan fingerprint density at radius 2 is 1.86 bits per heavy atom.